The molecular weight excluding hydrogens is 340 g/mol. The Bertz CT molecular complexity index is 178. The molecular formula is C4H5Cl6O3P. The quantitative estimate of drug-likeness (QED) is 0.567. The maximum absolute atomic E-state index is 10.9. The normalized spacial score (nSPS) is 13.6. The van der Waals surface area contributed by atoms with Gasteiger partial charge in [0.05, 0.1) is 0 Å². The molecule has 0 fully saturated rings. The van der Waals surface area contributed by atoms with Crippen molar-refractivity contribution in [2.45, 2.75) is 7.59 Å². The lowest BCUT2D eigenvalue weighted by atomic mass is 10.9. The van der Waals surface area contributed by atoms with E-state index in [1.807, 2.05) is 0 Å². The van der Waals surface area contributed by atoms with Gasteiger partial charge in [0.2, 0.25) is 7.59 Å². The van der Waals surface area contributed by atoms with Crippen molar-refractivity contribution in [1.82, 2.24) is 0 Å². The Morgan fingerprint density at radius 3 is 1.36 bits per heavy atom. The zero-order valence-corrected chi connectivity index (χ0v) is 11.9. The summed E-state index contributed by atoms with van der Waals surface area (Å²) >= 11 is 31.9. The Kier molecular flexibility index (Phi) is 7.47. The van der Waals surface area contributed by atoms with E-state index in [-0.39, 0.29) is 13.2 Å². The van der Waals surface area contributed by atoms with E-state index in [4.69, 9.17) is 69.6 Å². The molecule has 0 saturated heterocycles. The molecule has 0 aromatic carbocycles. The van der Waals surface area contributed by atoms with Gasteiger partial charge in [0.15, 0.2) is 0 Å². The first-order valence-corrected chi connectivity index (χ1v) is 6.52. The summed E-state index contributed by atoms with van der Waals surface area (Å²) in [6.07, 6.45) is 0. The molecule has 0 spiro atoms. The standard InChI is InChI=1S/C4H5Cl6O3P/c5-3(6,7)1-12-14(11)13-2-4(8,9)10/h14H,1-2H2. The topological polar surface area (TPSA) is 35.5 Å². The first kappa shape index (κ1) is 15.9. The zero-order chi connectivity index (χ0) is 11.4. The second-order valence-electron chi connectivity index (χ2n) is 2.06. The Morgan fingerprint density at radius 1 is 0.857 bits per heavy atom. The van der Waals surface area contributed by atoms with Crippen molar-refractivity contribution in [1.29, 1.82) is 0 Å². The Balaban J connectivity index is 3.68. The summed E-state index contributed by atoms with van der Waals surface area (Å²) in [5.74, 6) is 0. The van der Waals surface area contributed by atoms with Crippen molar-refractivity contribution in [3.05, 3.63) is 0 Å². The second-order valence-corrected chi connectivity index (χ2v) is 8.17. The van der Waals surface area contributed by atoms with Crippen LogP contribution in [0.15, 0.2) is 0 Å². The second kappa shape index (κ2) is 6.58. The highest BCUT2D eigenvalue weighted by Gasteiger charge is 2.24. The van der Waals surface area contributed by atoms with Gasteiger partial charge in [-0.25, -0.2) is 0 Å². The summed E-state index contributed by atoms with van der Waals surface area (Å²) < 4.78 is 16.7. The monoisotopic (exact) mass is 342 g/mol. The first-order chi connectivity index (χ1) is 6.10. The van der Waals surface area contributed by atoms with Crippen molar-refractivity contribution in [2.75, 3.05) is 13.2 Å². The van der Waals surface area contributed by atoms with Crippen LogP contribution in [-0.2, 0) is 13.6 Å². The number of rotatable bonds is 4. The molecule has 0 rings (SSSR count). The van der Waals surface area contributed by atoms with Crippen LogP contribution in [0.25, 0.3) is 0 Å². The van der Waals surface area contributed by atoms with Crippen LogP contribution >= 0.6 is 77.9 Å². The van der Waals surface area contributed by atoms with E-state index in [0.29, 0.717) is 0 Å². The fourth-order valence-electron chi connectivity index (χ4n) is 0.323. The third kappa shape index (κ3) is 12.0. The van der Waals surface area contributed by atoms with Gasteiger partial charge >= 0.3 is 8.25 Å². The van der Waals surface area contributed by atoms with Gasteiger partial charge in [0.25, 0.3) is 0 Å². The van der Waals surface area contributed by atoms with Crippen molar-refractivity contribution in [2.24, 2.45) is 0 Å². The van der Waals surface area contributed by atoms with Gasteiger partial charge in [-0.1, -0.05) is 69.6 Å². The first-order valence-electron chi connectivity index (χ1n) is 3.03. The molecule has 0 aliphatic rings. The van der Waals surface area contributed by atoms with Crippen LogP contribution in [-0.4, -0.2) is 20.8 Å². The van der Waals surface area contributed by atoms with E-state index >= 15 is 0 Å². The highest BCUT2D eigenvalue weighted by molar-refractivity contribution is 7.33. The van der Waals surface area contributed by atoms with Crippen LogP contribution in [0, 0.1) is 0 Å². The summed E-state index contributed by atoms with van der Waals surface area (Å²) in [5.41, 5.74) is 0. The Hall–Kier alpha value is 1.89. The maximum Gasteiger partial charge on any atom is 0.319 e. The molecule has 0 aromatic heterocycles. The molecule has 0 N–H and O–H groups in total. The average Bonchev–Trinajstić information content (AvgIpc) is 1.94. The third-order valence-electron chi connectivity index (χ3n) is 0.707. The van der Waals surface area contributed by atoms with E-state index in [9.17, 15) is 4.57 Å². The summed E-state index contributed by atoms with van der Waals surface area (Å²) in [7, 11) is -2.81. The maximum atomic E-state index is 10.9. The number of hydrogen-bond acceptors (Lipinski definition) is 3. The number of hydrogen-bond donors (Lipinski definition) is 0. The molecule has 0 saturated carbocycles. The lowest BCUT2D eigenvalue weighted by Crippen LogP contribution is -2.12. The SMILES string of the molecule is O=[PH](OCC(Cl)(Cl)Cl)OCC(Cl)(Cl)Cl. The lowest BCUT2D eigenvalue weighted by molar-refractivity contribution is 0.232. The van der Waals surface area contributed by atoms with Gasteiger partial charge in [0.1, 0.15) is 13.2 Å². The van der Waals surface area contributed by atoms with Gasteiger partial charge in [-0.2, -0.15) is 0 Å². The van der Waals surface area contributed by atoms with Crippen LogP contribution in [0.3, 0.4) is 0 Å². The fourth-order valence-corrected chi connectivity index (χ4v) is 1.95. The molecule has 0 bridgehead atoms. The molecule has 10 heteroatoms. The fraction of sp³-hybridized carbons (Fsp3) is 1.00. The van der Waals surface area contributed by atoms with Crippen molar-refractivity contribution in [3.63, 3.8) is 0 Å². The van der Waals surface area contributed by atoms with E-state index < -0.39 is 15.8 Å². The molecule has 14 heavy (non-hydrogen) atoms. The van der Waals surface area contributed by atoms with Crippen molar-refractivity contribution >= 4 is 77.9 Å². The summed E-state index contributed by atoms with van der Waals surface area (Å²) in [5, 5.41) is 0. The number of halogens is 6. The van der Waals surface area contributed by atoms with Crippen LogP contribution in [0.2, 0.25) is 0 Å². The smallest absolute Gasteiger partial charge is 0.306 e. The van der Waals surface area contributed by atoms with Gasteiger partial charge in [-0.3, -0.25) is 4.57 Å². The molecule has 3 nitrogen and oxygen atoms in total. The summed E-state index contributed by atoms with van der Waals surface area (Å²) in [6.45, 7) is -0.732. The predicted octanol–water partition coefficient (Wildman–Crippen LogP) is 4.15. The number of alkyl halides is 6. The van der Waals surface area contributed by atoms with Crippen molar-refractivity contribution < 1.29 is 13.6 Å². The minimum atomic E-state index is -2.81. The predicted molar refractivity (Wildman–Crippen MR) is 61.5 cm³/mol. The minimum Gasteiger partial charge on any atom is -0.306 e. The molecule has 0 radical (unpaired) electrons. The highest BCUT2D eigenvalue weighted by Crippen LogP contribution is 2.35. The molecule has 0 unspecified atom stereocenters. The van der Waals surface area contributed by atoms with Crippen LogP contribution < -0.4 is 0 Å². The van der Waals surface area contributed by atoms with E-state index in [0.717, 1.165) is 0 Å². The molecule has 0 atom stereocenters. The Labute approximate surface area is 112 Å². The lowest BCUT2D eigenvalue weighted by Gasteiger charge is -2.13. The third-order valence-corrected chi connectivity index (χ3v) is 2.12. The molecule has 86 valence electrons. The van der Waals surface area contributed by atoms with Gasteiger partial charge in [-0.05, 0) is 0 Å². The van der Waals surface area contributed by atoms with Crippen LogP contribution in [0.5, 0.6) is 0 Å². The zero-order valence-electron chi connectivity index (χ0n) is 6.41. The van der Waals surface area contributed by atoms with Gasteiger partial charge in [0, 0.05) is 0 Å². The molecule has 0 aliphatic carbocycles. The highest BCUT2D eigenvalue weighted by atomic mass is 35.6. The van der Waals surface area contributed by atoms with Crippen LogP contribution in [0.4, 0.5) is 0 Å². The molecule has 0 heterocycles. The van der Waals surface area contributed by atoms with Crippen molar-refractivity contribution in [3.8, 4) is 0 Å². The molecule has 0 amide bonds. The average molecular weight is 345 g/mol. The van der Waals surface area contributed by atoms with Crippen LogP contribution in [0.1, 0.15) is 0 Å². The Morgan fingerprint density at radius 2 is 1.14 bits per heavy atom. The van der Waals surface area contributed by atoms with E-state index in [1.54, 1.807) is 0 Å². The van der Waals surface area contributed by atoms with E-state index in [1.165, 1.54) is 0 Å². The van der Waals surface area contributed by atoms with Gasteiger partial charge < -0.3 is 9.05 Å². The van der Waals surface area contributed by atoms with Gasteiger partial charge in [-0.15, -0.1) is 0 Å². The minimum absolute atomic E-state index is 0.366. The van der Waals surface area contributed by atoms with E-state index in [2.05, 4.69) is 9.05 Å². The molecule has 0 aromatic rings. The molecule has 0 aliphatic heterocycles. The largest absolute Gasteiger partial charge is 0.319 e. The summed E-state index contributed by atoms with van der Waals surface area (Å²) in [4.78, 5) is 0. The summed E-state index contributed by atoms with van der Waals surface area (Å²) in [6, 6.07) is 0.